The van der Waals surface area contributed by atoms with Gasteiger partial charge in [0.15, 0.2) is 0 Å². The minimum absolute atomic E-state index is 0.451. The second kappa shape index (κ2) is 8.74. The van der Waals surface area contributed by atoms with Gasteiger partial charge in [0.25, 0.3) is 0 Å². The van der Waals surface area contributed by atoms with Gasteiger partial charge >= 0.3 is 0 Å². The highest BCUT2D eigenvalue weighted by atomic mass is 15.3. The normalized spacial score (nSPS) is 16.4. The summed E-state index contributed by atoms with van der Waals surface area (Å²) in [6.45, 7) is 8.81. The van der Waals surface area contributed by atoms with Crippen molar-refractivity contribution in [2.75, 3.05) is 19.6 Å². The number of likely N-dealkylation sites (tertiary alicyclic amines) is 1. The molecular formula is C23H31N5. The first-order valence-corrected chi connectivity index (χ1v) is 10.6. The van der Waals surface area contributed by atoms with E-state index in [1.54, 1.807) is 0 Å². The lowest BCUT2D eigenvalue weighted by Gasteiger charge is -2.31. The van der Waals surface area contributed by atoms with E-state index in [-0.39, 0.29) is 0 Å². The molecule has 5 heteroatoms. The number of imidazole rings is 1. The van der Waals surface area contributed by atoms with E-state index < -0.39 is 0 Å². The Kier molecular flexibility index (Phi) is 5.91. The average molecular weight is 378 g/mol. The van der Waals surface area contributed by atoms with Crippen molar-refractivity contribution in [3.8, 4) is 11.3 Å². The molecule has 1 saturated heterocycles. The van der Waals surface area contributed by atoms with Crippen LogP contribution in [-0.2, 0) is 6.54 Å². The van der Waals surface area contributed by atoms with Gasteiger partial charge in [-0.2, -0.15) is 5.10 Å². The van der Waals surface area contributed by atoms with E-state index in [0.717, 1.165) is 19.5 Å². The number of hydrogen-bond acceptors (Lipinski definition) is 3. The van der Waals surface area contributed by atoms with Crippen LogP contribution >= 0.6 is 0 Å². The third-order valence-corrected chi connectivity index (χ3v) is 6.00. The Morgan fingerprint density at radius 1 is 1.04 bits per heavy atom. The first-order valence-electron chi connectivity index (χ1n) is 10.6. The number of benzene rings is 1. The monoisotopic (exact) mass is 377 g/mol. The highest BCUT2D eigenvalue weighted by Crippen LogP contribution is 2.28. The minimum Gasteiger partial charge on any atom is -0.326 e. The average Bonchev–Trinajstić information content (AvgIpc) is 3.35. The SMILES string of the molecule is CCC(CN1CCCCC1)n1cncc1-c1cnn(Cc2ccccc2)c1C. The van der Waals surface area contributed by atoms with Gasteiger partial charge in [-0.3, -0.25) is 4.68 Å². The summed E-state index contributed by atoms with van der Waals surface area (Å²) in [5.74, 6) is 0. The zero-order valence-electron chi connectivity index (χ0n) is 17.1. The van der Waals surface area contributed by atoms with Gasteiger partial charge in [-0.25, -0.2) is 4.98 Å². The molecule has 0 bridgehead atoms. The van der Waals surface area contributed by atoms with Gasteiger partial charge in [-0.05, 0) is 44.8 Å². The van der Waals surface area contributed by atoms with E-state index in [0.29, 0.717) is 6.04 Å². The lowest BCUT2D eigenvalue weighted by molar-refractivity contribution is 0.194. The molecule has 0 spiro atoms. The summed E-state index contributed by atoms with van der Waals surface area (Å²) < 4.78 is 4.46. The van der Waals surface area contributed by atoms with Crippen LogP contribution in [0.4, 0.5) is 0 Å². The molecule has 5 nitrogen and oxygen atoms in total. The summed E-state index contributed by atoms with van der Waals surface area (Å²) >= 11 is 0. The van der Waals surface area contributed by atoms with Crippen molar-refractivity contribution in [2.24, 2.45) is 0 Å². The number of nitrogens with zero attached hydrogens (tertiary/aromatic N) is 5. The van der Waals surface area contributed by atoms with Crippen molar-refractivity contribution in [1.29, 1.82) is 0 Å². The molecule has 28 heavy (non-hydrogen) atoms. The third kappa shape index (κ3) is 4.04. The van der Waals surface area contributed by atoms with Crippen LogP contribution in [0.25, 0.3) is 11.3 Å². The standard InChI is InChI=1S/C23H31N5/c1-3-21(17-26-12-8-5-9-13-26)27-18-24-15-23(27)22-14-25-28(19(22)2)16-20-10-6-4-7-11-20/h4,6-7,10-11,14-15,18,21H,3,5,8-9,12-13,16-17H2,1-2H3. The van der Waals surface area contributed by atoms with Gasteiger partial charge in [-0.15, -0.1) is 0 Å². The summed E-state index contributed by atoms with van der Waals surface area (Å²) in [7, 11) is 0. The molecule has 1 aromatic carbocycles. The van der Waals surface area contributed by atoms with Crippen LogP contribution in [0.5, 0.6) is 0 Å². The summed E-state index contributed by atoms with van der Waals surface area (Å²) in [6, 6.07) is 11.0. The zero-order chi connectivity index (χ0) is 19.3. The molecule has 2 aromatic heterocycles. The Hall–Kier alpha value is -2.40. The number of piperidine rings is 1. The van der Waals surface area contributed by atoms with Crippen LogP contribution in [0.15, 0.2) is 49.1 Å². The van der Waals surface area contributed by atoms with Crippen molar-refractivity contribution in [3.05, 3.63) is 60.3 Å². The number of rotatable bonds is 7. The summed E-state index contributed by atoms with van der Waals surface area (Å²) in [5, 5.41) is 4.67. The fraction of sp³-hybridized carbons (Fsp3) is 0.478. The summed E-state index contributed by atoms with van der Waals surface area (Å²) in [4.78, 5) is 7.12. The van der Waals surface area contributed by atoms with Crippen molar-refractivity contribution in [1.82, 2.24) is 24.2 Å². The van der Waals surface area contributed by atoms with E-state index in [4.69, 9.17) is 0 Å². The summed E-state index contributed by atoms with van der Waals surface area (Å²) in [6.07, 6.45) is 11.1. The molecule has 4 rings (SSSR count). The lowest BCUT2D eigenvalue weighted by atomic mass is 10.1. The molecule has 1 aliphatic rings. The first-order chi connectivity index (χ1) is 13.8. The highest BCUT2D eigenvalue weighted by molar-refractivity contribution is 5.61. The second-order valence-corrected chi connectivity index (χ2v) is 7.90. The predicted octanol–water partition coefficient (Wildman–Crippen LogP) is 4.54. The molecule has 3 heterocycles. The molecule has 0 radical (unpaired) electrons. The van der Waals surface area contributed by atoms with Crippen molar-refractivity contribution < 1.29 is 0 Å². The molecule has 1 atom stereocenters. The Labute approximate surface area is 168 Å². The van der Waals surface area contributed by atoms with Crippen LogP contribution in [0.1, 0.15) is 49.9 Å². The molecule has 3 aromatic rings. The van der Waals surface area contributed by atoms with E-state index in [1.807, 2.05) is 18.7 Å². The molecule has 1 unspecified atom stereocenters. The first kappa shape index (κ1) is 18.9. The number of hydrogen-bond donors (Lipinski definition) is 0. The molecule has 0 saturated carbocycles. The smallest absolute Gasteiger partial charge is 0.0954 e. The fourth-order valence-electron chi connectivity index (χ4n) is 4.27. The molecular weight excluding hydrogens is 346 g/mol. The zero-order valence-corrected chi connectivity index (χ0v) is 17.1. The minimum atomic E-state index is 0.451. The van der Waals surface area contributed by atoms with E-state index >= 15 is 0 Å². The van der Waals surface area contributed by atoms with Crippen LogP contribution in [-0.4, -0.2) is 43.9 Å². The van der Waals surface area contributed by atoms with Crippen LogP contribution in [0, 0.1) is 6.92 Å². The van der Waals surface area contributed by atoms with E-state index in [9.17, 15) is 0 Å². The Balaban J connectivity index is 1.56. The third-order valence-electron chi connectivity index (χ3n) is 6.00. The topological polar surface area (TPSA) is 38.9 Å². The Morgan fingerprint density at radius 2 is 1.82 bits per heavy atom. The quantitative estimate of drug-likeness (QED) is 0.607. The highest BCUT2D eigenvalue weighted by Gasteiger charge is 2.21. The van der Waals surface area contributed by atoms with Crippen LogP contribution in [0.2, 0.25) is 0 Å². The molecule has 1 fully saturated rings. The van der Waals surface area contributed by atoms with E-state index in [2.05, 4.69) is 68.4 Å². The molecule has 148 valence electrons. The van der Waals surface area contributed by atoms with Gasteiger partial charge in [-0.1, -0.05) is 43.7 Å². The predicted molar refractivity (Wildman–Crippen MR) is 113 cm³/mol. The largest absolute Gasteiger partial charge is 0.326 e. The van der Waals surface area contributed by atoms with Crippen molar-refractivity contribution in [3.63, 3.8) is 0 Å². The Bertz CT molecular complexity index is 874. The lowest BCUT2D eigenvalue weighted by Crippen LogP contribution is -2.35. The van der Waals surface area contributed by atoms with Gasteiger partial charge in [0.1, 0.15) is 0 Å². The molecule has 1 aliphatic heterocycles. The maximum absolute atomic E-state index is 4.67. The van der Waals surface area contributed by atoms with Gasteiger partial charge in [0, 0.05) is 23.8 Å². The maximum atomic E-state index is 4.67. The molecule has 0 N–H and O–H groups in total. The maximum Gasteiger partial charge on any atom is 0.0954 e. The summed E-state index contributed by atoms with van der Waals surface area (Å²) in [5.41, 5.74) is 4.83. The second-order valence-electron chi connectivity index (χ2n) is 7.90. The van der Waals surface area contributed by atoms with Crippen molar-refractivity contribution in [2.45, 2.75) is 52.1 Å². The van der Waals surface area contributed by atoms with E-state index in [1.165, 1.54) is 54.9 Å². The van der Waals surface area contributed by atoms with Gasteiger partial charge in [0.2, 0.25) is 0 Å². The molecule has 0 amide bonds. The number of aromatic nitrogens is 4. The fourth-order valence-corrected chi connectivity index (χ4v) is 4.27. The van der Waals surface area contributed by atoms with Gasteiger partial charge in [0.05, 0.1) is 31.0 Å². The van der Waals surface area contributed by atoms with Crippen LogP contribution in [0.3, 0.4) is 0 Å². The Morgan fingerprint density at radius 3 is 2.57 bits per heavy atom. The van der Waals surface area contributed by atoms with Gasteiger partial charge < -0.3 is 9.47 Å². The van der Waals surface area contributed by atoms with Crippen LogP contribution < -0.4 is 0 Å². The van der Waals surface area contributed by atoms with Crippen molar-refractivity contribution >= 4 is 0 Å². The molecule has 0 aliphatic carbocycles.